The van der Waals surface area contributed by atoms with Crippen molar-refractivity contribution >= 4 is 0 Å². The van der Waals surface area contributed by atoms with Crippen LogP contribution >= 0.6 is 0 Å². The molecule has 0 N–H and O–H groups in total. The third kappa shape index (κ3) is 1.49. The number of aromatic nitrogens is 2. The summed E-state index contributed by atoms with van der Waals surface area (Å²) in [6.45, 7) is 4.01. The molecule has 0 amide bonds. The van der Waals surface area contributed by atoms with E-state index >= 15 is 0 Å². The monoisotopic (exact) mass is 122 g/mol. The van der Waals surface area contributed by atoms with Crippen molar-refractivity contribution in [2.24, 2.45) is 0 Å². The molecule has 0 aromatic carbocycles. The first-order valence-electron chi connectivity index (χ1n) is 3.12. The maximum absolute atomic E-state index is 3.95. The summed E-state index contributed by atoms with van der Waals surface area (Å²) in [5.41, 5.74) is 2.04. The lowest BCUT2D eigenvalue weighted by atomic mass is 10.3. The van der Waals surface area contributed by atoms with Crippen molar-refractivity contribution in [1.29, 1.82) is 0 Å². The Bertz CT molecular complexity index is 179. The molecule has 2 nitrogen and oxygen atoms in total. The second-order valence-electron chi connectivity index (χ2n) is 2.02. The number of hydrogen-bond donors (Lipinski definition) is 0. The fourth-order valence-electron chi connectivity index (χ4n) is 0.615. The van der Waals surface area contributed by atoms with Gasteiger partial charge in [-0.1, -0.05) is 6.92 Å². The van der Waals surface area contributed by atoms with Gasteiger partial charge >= 0.3 is 0 Å². The van der Waals surface area contributed by atoms with Gasteiger partial charge in [0.25, 0.3) is 0 Å². The Labute approximate surface area is 54.9 Å². The quantitative estimate of drug-likeness (QED) is 0.562. The van der Waals surface area contributed by atoms with Gasteiger partial charge in [0.2, 0.25) is 0 Å². The summed E-state index contributed by atoms with van der Waals surface area (Å²) in [7, 11) is 0. The van der Waals surface area contributed by atoms with Gasteiger partial charge in [-0.15, -0.1) is 0 Å². The summed E-state index contributed by atoms with van der Waals surface area (Å²) >= 11 is 0. The van der Waals surface area contributed by atoms with Crippen LogP contribution in [0.4, 0.5) is 0 Å². The number of aryl methyl sites for hydroxylation is 2. The lowest BCUT2D eigenvalue weighted by Crippen LogP contribution is -1.90. The molecule has 0 saturated heterocycles. The molecule has 0 aliphatic carbocycles. The fourth-order valence-corrected chi connectivity index (χ4v) is 0.615. The smallest absolute Gasteiger partial charge is 0.0628 e. The summed E-state index contributed by atoms with van der Waals surface area (Å²) < 4.78 is 0. The first kappa shape index (κ1) is 6.20. The Balaban J connectivity index is 2.88. The zero-order valence-electron chi connectivity index (χ0n) is 5.76. The van der Waals surface area contributed by atoms with Crippen molar-refractivity contribution in [1.82, 2.24) is 10.2 Å². The molecule has 0 aliphatic rings. The van der Waals surface area contributed by atoms with E-state index in [4.69, 9.17) is 0 Å². The molecule has 1 aromatic rings. The molecule has 2 heteroatoms. The highest BCUT2D eigenvalue weighted by Gasteiger charge is 1.88. The third-order valence-electron chi connectivity index (χ3n) is 1.22. The normalized spacial score (nSPS) is 9.56. The predicted octanol–water partition coefficient (Wildman–Crippen LogP) is 1.35. The molecular formula is C7H10N2. The molecule has 9 heavy (non-hydrogen) atoms. The molecule has 0 aliphatic heterocycles. The highest BCUT2D eigenvalue weighted by molar-refractivity contribution is 5.04. The Kier molecular flexibility index (Phi) is 1.78. The Morgan fingerprint density at radius 3 is 2.56 bits per heavy atom. The van der Waals surface area contributed by atoms with Crippen molar-refractivity contribution < 1.29 is 0 Å². The zero-order chi connectivity index (χ0) is 6.69. The van der Waals surface area contributed by atoms with Gasteiger partial charge in [-0.2, -0.15) is 10.2 Å². The van der Waals surface area contributed by atoms with Crippen LogP contribution in [-0.2, 0) is 6.42 Å². The lowest BCUT2D eigenvalue weighted by Gasteiger charge is -1.91. The van der Waals surface area contributed by atoms with Gasteiger partial charge in [0.05, 0.1) is 11.4 Å². The second kappa shape index (κ2) is 2.58. The standard InChI is InChI=1S/C7H10N2/c1-3-7-5-4-6(2)8-9-7/h4-5H,3H2,1-2H3. The van der Waals surface area contributed by atoms with Gasteiger partial charge in [0, 0.05) is 0 Å². The van der Waals surface area contributed by atoms with Crippen molar-refractivity contribution in [3.63, 3.8) is 0 Å². The van der Waals surface area contributed by atoms with Gasteiger partial charge in [0.15, 0.2) is 0 Å². The topological polar surface area (TPSA) is 25.8 Å². The average molecular weight is 122 g/mol. The highest BCUT2D eigenvalue weighted by Crippen LogP contribution is 1.93. The maximum Gasteiger partial charge on any atom is 0.0628 e. The van der Waals surface area contributed by atoms with Crippen LogP contribution < -0.4 is 0 Å². The molecule has 0 spiro atoms. The summed E-state index contributed by atoms with van der Waals surface area (Å²) in [6.07, 6.45) is 0.966. The van der Waals surface area contributed by atoms with E-state index in [0.717, 1.165) is 17.8 Å². The molecule has 0 radical (unpaired) electrons. The second-order valence-corrected chi connectivity index (χ2v) is 2.02. The molecular weight excluding hydrogens is 112 g/mol. The molecule has 1 heterocycles. The van der Waals surface area contributed by atoms with Crippen molar-refractivity contribution in [3.05, 3.63) is 23.5 Å². The van der Waals surface area contributed by atoms with Gasteiger partial charge in [0.1, 0.15) is 0 Å². The maximum atomic E-state index is 3.95. The Morgan fingerprint density at radius 1 is 1.33 bits per heavy atom. The van der Waals surface area contributed by atoms with Crippen LogP contribution in [-0.4, -0.2) is 10.2 Å². The van der Waals surface area contributed by atoms with Gasteiger partial charge in [-0.25, -0.2) is 0 Å². The first-order chi connectivity index (χ1) is 4.33. The summed E-state index contributed by atoms with van der Waals surface area (Å²) in [5, 5.41) is 7.85. The van der Waals surface area contributed by atoms with E-state index < -0.39 is 0 Å². The molecule has 0 bridgehead atoms. The van der Waals surface area contributed by atoms with Crippen LogP contribution in [0.1, 0.15) is 18.3 Å². The molecule has 1 aromatic heterocycles. The van der Waals surface area contributed by atoms with Crippen molar-refractivity contribution in [2.45, 2.75) is 20.3 Å². The van der Waals surface area contributed by atoms with E-state index in [1.165, 1.54) is 0 Å². The molecule has 0 atom stereocenters. The minimum atomic E-state index is 0.966. The van der Waals surface area contributed by atoms with Crippen LogP contribution in [0.25, 0.3) is 0 Å². The van der Waals surface area contributed by atoms with Crippen LogP contribution in [0, 0.1) is 6.92 Å². The van der Waals surface area contributed by atoms with Crippen LogP contribution in [0.5, 0.6) is 0 Å². The van der Waals surface area contributed by atoms with Gasteiger partial charge < -0.3 is 0 Å². The largest absolute Gasteiger partial charge is 0.156 e. The fraction of sp³-hybridized carbons (Fsp3) is 0.429. The van der Waals surface area contributed by atoms with E-state index in [2.05, 4.69) is 17.1 Å². The molecule has 48 valence electrons. The zero-order valence-corrected chi connectivity index (χ0v) is 5.76. The van der Waals surface area contributed by atoms with Gasteiger partial charge in [-0.3, -0.25) is 0 Å². The Morgan fingerprint density at radius 2 is 2.11 bits per heavy atom. The Hall–Kier alpha value is -0.920. The first-order valence-corrected chi connectivity index (χ1v) is 3.12. The third-order valence-corrected chi connectivity index (χ3v) is 1.22. The van der Waals surface area contributed by atoms with Crippen molar-refractivity contribution in [2.75, 3.05) is 0 Å². The van der Waals surface area contributed by atoms with Crippen LogP contribution in [0.2, 0.25) is 0 Å². The van der Waals surface area contributed by atoms with E-state index in [1.807, 2.05) is 19.1 Å². The SMILES string of the molecule is CCc1ccc(C)nn1. The van der Waals surface area contributed by atoms with Crippen LogP contribution in [0.3, 0.4) is 0 Å². The lowest BCUT2D eigenvalue weighted by molar-refractivity contribution is 0.893. The average Bonchev–Trinajstić information content (AvgIpc) is 1.90. The predicted molar refractivity (Wildman–Crippen MR) is 36.1 cm³/mol. The van der Waals surface area contributed by atoms with E-state index in [0.29, 0.717) is 0 Å². The van der Waals surface area contributed by atoms with E-state index in [-0.39, 0.29) is 0 Å². The molecule has 0 fully saturated rings. The summed E-state index contributed by atoms with van der Waals surface area (Å²) in [4.78, 5) is 0. The number of nitrogens with zero attached hydrogens (tertiary/aromatic N) is 2. The van der Waals surface area contributed by atoms with E-state index in [1.54, 1.807) is 0 Å². The van der Waals surface area contributed by atoms with Crippen LogP contribution in [0.15, 0.2) is 12.1 Å². The molecule has 0 unspecified atom stereocenters. The van der Waals surface area contributed by atoms with E-state index in [9.17, 15) is 0 Å². The minimum absolute atomic E-state index is 0.966. The number of hydrogen-bond acceptors (Lipinski definition) is 2. The highest BCUT2D eigenvalue weighted by atomic mass is 15.1. The minimum Gasteiger partial charge on any atom is -0.156 e. The van der Waals surface area contributed by atoms with Crippen molar-refractivity contribution in [3.8, 4) is 0 Å². The number of rotatable bonds is 1. The molecule has 1 rings (SSSR count). The summed E-state index contributed by atoms with van der Waals surface area (Å²) in [6, 6.07) is 3.98. The summed E-state index contributed by atoms with van der Waals surface area (Å²) in [5.74, 6) is 0. The molecule has 0 saturated carbocycles. The van der Waals surface area contributed by atoms with Gasteiger partial charge in [-0.05, 0) is 25.5 Å².